The van der Waals surface area contributed by atoms with E-state index in [1.807, 2.05) is 17.9 Å². The van der Waals surface area contributed by atoms with Crippen molar-refractivity contribution >= 4 is 9.84 Å². The highest BCUT2D eigenvalue weighted by Crippen LogP contribution is 2.12. The van der Waals surface area contributed by atoms with Crippen molar-refractivity contribution in [3.05, 3.63) is 29.8 Å². The van der Waals surface area contributed by atoms with Crippen LogP contribution in [0, 0.1) is 11.3 Å². The monoisotopic (exact) mass is 282 g/mol. The van der Waals surface area contributed by atoms with E-state index in [9.17, 15) is 8.42 Å². The third kappa shape index (κ3) is 4.63. The highest BCUT2D eigenvalue weighted by atomic mass is 32.2. The predicted octanol–water partition coefficient (Wildman–Crippen LogP) is 0.646. The van der Waals surface area contributed by atoms with Gasteiger partial charge in [0.05, 0.1) is 28.9 Å². The van der Waals surface area contributed by atoms with Gasteiger partial charge in [0.2, 0.25) is 0 Å². The number of hydrogen-bond donors (Lipinski definition) is 1. The van der Waals surface area contributed by atoms with Crippen LogP contribution in [0.5, 0.6) is 0 Å². The Balaban J connectivity index is 2.72. The summed E-state index contributed by atoms with van der Waals surface area (Å²) in [7, 11) is -3.34. The van der Waals surface area contributed by atoms with Crippen LogP contribution in [0.25, 0.3) is 0 Å². The zero-order chi connectivity index (χ0) is 14.3. The second-order valence-electron chi connectivity index (χ2n) is 4.11. The van der Waals surface area contributed by atoms with Crippen molar-refractivity contribution in [3.63, 3.8) is 0 Å². The lowest BCUT2D eigenvalue weighted by Crippen LogP contribution is -2.31. The molecule has 6 heteroatoms. The van der Waals surface area contributed by atoms with Gasteiger partial charge in [-0.3, -0.25) is 0 Å². The summed E-state index contributed by atoms with van der Waals surface area (Å²) >= 11 is 0. The molecule has 5 nitrogen and oxygen atoms in total. The van der Waals surface area contributed by atoms with E-state index in [2.05, 4.69) is 0 Å². The molecule has 0 heterocycles. The fourth-order valence-electron chi connectivity index (χ4n) is 1.67. The first-order valence-corrected chi connectivity index (χ1v) is 7.75. The molecular formula is C13H18N2O3S. The van der Waals surface area contributed by atoms with Crippen LogP contribution in [0.1, 0.15) is 12.5 Å². The number of nitrogens with zero attached hydrogens (tertiary/aromatic N) is 2. The van der Waals surface area contributed by atoms with E-state index in [4.69, 9.17) is 10.4 Å². The highest BCUT2D eigenvalue weighted by molar-refractivity contribution is 7.91. The minimum absolute atomic E-state index is 0.00669. The van der Waals surface area contributed by atoms with E-state index in [1.54, 1.807) is 0 Å². The first-order valence-electron chi connectivity index (χ1n) is 6.09. The summed E-state index contributed by atoms with van der Waals surface area (Å²) in [5.41, 5.74) is 0.439. The van der Waals surface area contributed by atoms with Crippen molar-refractivity contribution < 1.29 is 13.5 Å². The summed E-state index contributed by atoms with van der Waals surface area (Å²) < 4.78 is 24.2. The molecule has 0 amide bonds. The van der Waals surface area contributed by atoms with Crippen LogP contribution < -0.4 is 0 Å². The molecule has 1 aromatic rings. The first kappa shape index (κ1) is 15.6. The van der Waals surface area contributed by atoms with Crippen LogP contribution >= 0.6 is 0 Å². The van der Waals surface area contributed by atoms with Gasteiger partial charge in [0, 0.05) is 13.1 Å². The van der Waals surface area contributed by atoms with Gasteiger partial charge in [-0.2, -0.15) is 5.26 Å². The van der Waals surface area contributed by atoms with Crippen molar-refractivity contribution in [2.45, 2.75) is 11.8 Å². The number of benzene rings is 1. The van der Waals surface area contributed by atoms with Gasteiger partial charge in [0.15, 0.2) is 9.84 Å². The Labute approximate surface area is 114 Å². The van der Waals surface area contributed by atoms with E-state index < -0.39 is 9.84 Å². The zero-order valence-corrected chi connectivity index (χ0v) is 11.7. The van der Waals surface area contributed by atoms with E-state index >= 15 is 0 Å². The highest BCUT2D eigenvalue weighted by Gasteiger charge is 2.15. The maximum absolute atomic E-state index is 12.1. The van der Waals surface area contributed by atoms with E-state index in [1.165, 1.54) is 24.3 Å². The number of rotatable bonds is 7. The van der Waals surface area contributed by atoms with Crippen LogP contribution in [0.4, 0.5) is 0 Å². The number of hydrogen-bond acceptors (Lipinski definition) is 5. The van der Waals surface area contributed by atoms with Crippen LogP contribution in [-0.2, 0) is 9.84 Å². The summed E-state index contributed by atoms with van der Waals surface area (Å²) in [5.74, 6) is 0.00669. The molecule has 1 N–H and O–H groups in total. The minimum atomic E-state index is -3.34. The summed E-state index contributed by atoms with van der Waals surface area (Å²) in [5, 5.41) is 17.5. The molecule has 0 unspecified atom stereocenters. The van der Waals surface area contributed by atoms with Crippen LogP contribution in [0.15, 0.2) is 29.2 Å². The summed E-state index contributed by atoms with van der Waals surface area (Å²) in [6.45, 7) is 3.50. The molecule has 1 rings (SSSR count). The largest absolute Gasteiger partial charge is 0.395 e. The topological polar surface area (TPSA) is 81.4 Å². The molecule has 0 aliphatic rings. The minimum Gasteiger partial charge on any atom is -0.395 e. The fourth-order valence-corrected chi connectivity index (χ4v) is 2.96. The SMILES string of the molecule is CCN(CCO)CCS(=O)(=O)c1ccc(C#N)cc1. The average molecular weight is 282 g/mol. The molecule has 0 fully saturated rings. The molecule has 0 aliphatic carbocycles. The van der Waals surface area contributed by atoms with Gasteiger partial charge in [0.25, 0.3) is 0 Å². The maximum atomic E-state index is 12.1. The summed E-state index contributed by atoms with van der Waals surface area (Å²) in [6, 6.07) is 7.86. The smallest absolute Gasteiger partial charge is 0.179 e. The van der Waals surface area contributed by atoms with Gasteiger partial charge in [-0.25, -0.2) is 8.42 Å². The Morgan fingerprint density at radius 2 is 1.89 bits per heavy atom. The molecule has 0 radical (unpaired) electrons. The fraction of sp³-hybridized carbons (Fsp3) is 0.462. The molecule has 19 heavy (non-hydrogen) atoms. The van der Waals surface area contributed by atoms with Crippen LogP contribution in [0.3, 0.4) is 0 Å². The maximum Gasteiger partial charge on any atom is 0.179 e. The molecule has 0 bridgehead atoms. The Morgan fingerprint density at radius 3 is 2.37 bits per heavy atom. The van der Waals surface area contributed by atoms with E-state index in [0.717, 1.165) is 0 Å². The predicted molar refractivity (Wildman–Crippen MR) is 72.4 cm³/mol. The molecule has 0 aliphatic heterocycles. The van der Waals surface area contributed by atoms with Crippen molar-refractivity contribution in [3.8, 4) is 6.07 Å². The number of sulfone groups is 1. The van der Waals surface area contributed by atoms with E-state index in [0.29, 0.717) is 25.2 Å². The normalized spacial score (nSPS) is 11.5. The average Bonchev–Trinajstić information content (AvgIpc) is 2.43. The Hall–Kier alpha value is -1.42. The Kier molecular flexibility index (Phi) is 5.96. The molecule has 104 valence electrons. The van der Waals surface area contributed by atoms with Crippen molar-refractivity contribution in [2.24, 2.45) is 0 Å². The summed E-state index contributed by atoms with van der Waals surface area (Å²) in [4.78, 5) is 2.10. The first-order chi connectivity index (χ1) is 9.03. The van der Waals surface area contributed by atoms with Gasteiger partial charge < -0.3 is 10.0 Å². The molecule has 0 atom stereocenters. The van der Waals surface area contributed by atoms with Gasteiger partial charge in [0.1, 0.15) is 0 Å². The second-order valence-corrected chi connectivity index (χ2v) is 6.22. The molecule has 0 spiro atoms. The van der Waals surface area contributed by atoms with Gasteiger partial charge in [-0.15, -0.1) is 0 Å². The standard InChI is InChI=1S/C13H18N2O3S/c1-2-15(7-9-16)8-10-19(17,18)13-5-3-12(11-14)4-6-13/h3-6,16H,2,7-10H2,1H3. The van der Waals surface area contributed by atoms with Crippen LogP contribution in [-0.4, -0.2) is 50.4 Å². The number of nitriles is 1. The van der Waals surface area contributed by atoms with Crippen molar-refractivity contribution in [1.82, 2.24) is 4.90 Å². The molecule has 0 saturated carbocycles. The van der Waals surface area contributed by atoms with E-state index in [-0.39, 0.29) is 17.3 Å². The lowest BCUT2D eigenvalue weighted by atomic mass is 10.2. The van der Waals surface area contributed by atoms with Gasteiger partial charge in [-0.1, -0.05) is 6.92 Å². The third-order valence-electron chi connectivity index (χ3n) is 2.88. The van der Waals surface area contributed by atoms with Crippen molar-refractivity contribution in [2.75, 3.05) is 32.0 Å². The number of aliphatic hydroxyl groups excluding tert-OH is 1. The number of aliphatic hydroxyl groups is 1. The molecular weight excluding hydrogens is 264 g/mol. The van der Waals surface area contributed by atoms with Gasteiger partial charge in [-0.05, 0) is 30.8 Å². The summed E-state index contributed by atoms with van der Waals surface area (Å²) in [6.07, 6.45) is 0. The van der Waals surface area contributed by atoms with Crippen molar-refractivity contribution in [1.29, 1.82) is 5.26 Å². The second kappa shape index (κ2) is 7.24. The van der Waals surface area contributed by atoms with Gasteiger partial charge >= 0.3 is 0 Å². The molecule has 0 aromatic heterocycles. The Bertz CT molecular complexity index is 532. The molecule has 1 aromatic carbocycles. The lowest BCUT2D eigenvalue weighted by Gasteiger charge is -2.18. The number of likely N-dealkylation sites (N-methyl/N-ethyl adjacent to an activating group) is 1. The lowest BCUT2D eigenvalue weighted by molar-refractivity contribution is 0.209. The Morgan fingerprint density at radius 1 is 1.26 bits per heavy atom. The third-order valence-corrected chi connectivity index (χ3v) is 4.59. The zero-order valence-electron chi connectivity index (χ0n) is 10.9. The quantitative estimate of drug-likeness (QED) is 0.794. The molecule has 0 saturated heterocycles. The van der Waals surface area contributed by atoms with Crippen LogP contribution in [0.2, 0.25) is 0 Å².